The van der Waals surface area contributed by atoms with Crippen molar-refractivity contribution in [2.75, 3.05) is 25.1 Å². The summed E-state index contributed by atoms with van der Waals surface area (Å²) in [5.74, 6) is 0.0402. The van der Waals surface area contributed by atoms with Crippen LogP contribution in [0.3, 0.4) is 0 Å². The van der Waals surface area contributed by atoms with Gasteiger partial charge in [-0.25, -0.2) is 0 Å². The van der Waals surface area contributed by atoms with Gasteiger partial charge in [-0.2, -0.15) is 0 Å². The highest BCUT2D eigenvalue weighted by Crippen LogP contribution is 2.26. The van der Waals surface area contributed by atoms with Crippen LogP contribution in [0.2, 0.25) is 0 Å². The van der Waals surface area contributed by atoms with Gasteiger partial charge in [0.2, 0.25) is 0 Å². The normalized spacial score (nSPS) is 10.3. The summed E-state index contributed by atoms with van der Waals surface area (Å²) in [6.07, 6.45) is 0. The van der Waals surface area contributed by atoms with E-state index in [1.54, 1.807) is 37.3 Å². The van der Waals surface area contributed by atoms with Gasteiger partial charge in [0.1, 0.15) is 12.4 Å². The Bertz CT molecular complexity index is 761. The number of benzene rings is 2. The number of hydrogen-bond donors (Lipinski definition) is 1. The Morgan fingerprint density at radius 3 is 2.64 bits per heavy atom. The number of anilines is 1. The van der Waals surface area contributed by atoms with Gasteiger partial charge in [0.05, 0.1) is 28.3 Å². The average Bonchev–Trinajstić information content (AvgIpc) is 2.60. The summed E-state index contributed by atoms with van der Waals surface area (Å²) < 4.78 is 10.8. The summed E-state index contributed by atoms with van der Waals surface area (Å²) in [4.78, 5) is 23.1. The molecule has 1 N–H and O–H groups in total. The molecule has 0 saturated carbocycles. The van der Waals surface area contributed by atoms with Crippen molar-refractivity contribution in [3.63, 3.8) is 0 Å². The lowest BCUT2D eigenvalue weighted by molar-refractivity contribution is -0.385. The summed E-state index contributed by atoms with van der Waals surface area (Å²) in [6.45, 7) is 4.84. The molecule has 0 aliphatic carbocycles. The van der Waals surface area contributed by atoms with E-state index < -0.39 is 10.8 Å². The third kappa shape index (κ3) is 4.77. The first-order valence-corrected chi connectivity index (χ1v) is 7.89. The van der Waals surface area contributed by atoms with E-state index in [-0.39, 0.29) is 5.69 Å². The highest BCUT2D eigenvalue weighted by Gasteiger charge is 2.17. The molecule has 0 radical (unpaired) electrons. The molecule has 1 amide bonds. The summed E-state index contributed by atoms with van der Waals surface area (Å²) in [5, 5.41) is 13.7. The zero-order chi connectivity index (χ0) is 18.2. The van der Waals surface area contributed by atoms with E-state index in [1.807, 2.05) is 6.92 Å². The predicted octanol–water partition coefficient (Wildman–Crippen LogP) is 3.57. The predicted molar refractivity (Wildman–Crippen MR) is 94.2 cm³/mol. The number of carbonyl (C=O) groups excluding carboxylic acids is 1. The van der Waals surface area contributed by atoms with E-state index in [0.717, 1.165) is 0 Å². The molecule has 7 nitrogen and oxygen atoms in total. The van der Waals surface area contributed by atoms with Crippen LogP contribution in [0.5, 0.6) is 5.75 Å². The van der Waals surface area contributed by atoms with Gasteiger partial charge in [-0.3, -0.25) is 14.9 Å². The minimum atomic E-state index is -0.476. The van der Waals surface area contributed by atoms with Gasteiger partial charge in [-0.15, -0.1) is 0 Å². The maximum absolute atomic E-state index is 12.6. The van der Waals surface area contributed by atoms with Gasteiger partial charge < -0.3 is 14.8 Å². The van der Waals surface area contributed by atoms with Gasteiger partial charge in [0.15, 0.2) is 0 Å². The Morgan fingerprint density at radius 2 is 1.92 bits per heavy atom. The number of nitro benzene ring substituents is 1. The maximum atomic E-state index is 12.6. The van der Waals surface area contributed by atoms with Gasteiger partial charge >= 0.3 is 0 Å². The number of carbonyl (C=O) groups is 1. The maximum Gasteiger partial charge on any atom is 0.274 e. The van der Waals surface area contributed by atoms with Crippen molar-refractivity contribution in [3.8, 4) is 5.75 Å². The van der Waals surface area contributed by atoms with Crippen molar-refractivity contribution in [1.29, 1.82) is 0 Å². The van der Waals surface area contributed by atoms with E-state index in [0.29, 0.717) is 42.4 Å². The smallest absolute Gasteiger partial charge is 0.274 e. The van der Waals surface area contributed by atoms with E-state index in [4.69, 9.17) is 9.47 Å². The lowest BCUT2D eigenvalue weighted by Gasteiger charge is -2.13. The summed E-state index contributed by atoms with van der Waals surface area (Å²) in [5.41, 5.74) is 1.10. The van der Waals surface area contributed by atoms with Crippen molar-refractivity contribution in [2.24, 2.45) is 0 Å². The molecule has 0 aliphatic rings. The van der Waals surface area contributed by atoms with Gasteiger partial charge in [0.25, 0.3) is 11.6 Å². The second-order valence-electron chi connectivity index (χ2n) is 5.20. The molecule has 0 aromatic heterocycles. The number of amides is 1. The molecule has 2 aromatic carbocycles. The molecule has 0 heterocycles. The number of nitrogens with zero attached hydrogens (tertiary/aromatic N) is 1. The standard InChI is InChI=1S/C18H20N2O5/c1-3-24-11-12-25-17-10-5-4-7-14(17)18(21)19-15-8-6-9-16(13(15)2)20(22)23/h4-10H,3,11-12H2,1-2H3,(H,19,21). The lowest BCUT2D eigenvalue weighted by Crippen LogP contribution is -2.16. The molecule has 0 saturated heterocycles. The Morgan fingerprint density at radius 1 is 1.16 bits per heavy atom. The van der Waals surface area contributed by atoms with Crippen molar-refractivity contribution >= 4 is 17.3 Å². The van der Waals surface area contributed by atoms with Crippen molar-refractivity contribution in [1.82, 2.24) is 0 Å². The SMILES string of the molecule is CCOCCOc1ccccc1C(=O)Nc1cccc([N+](=O)[O-])c1C. The molecule has 2 aromatic rings. The van der Waals surface area contributed by atoms with Gasteiger partial charge in [-0.1, -0.05) is 18.2 Å². The van der Waals surface area contributed by atoms with E-state index in [9.17, 15) is 14.9 Å². The fraction of sp³-hybridized carbons (Fsp3) is 0.278. The van der Waals surface area contributed by atoms with Crippen LogP contribution in [0.4, 0.5) is 11.4 Å². The molecule has 0 bridgehead atoms. The fourth-order valence-electron chi connectivity index (χ4n) is 2.28. The minimum absolute atomic E-state index is 0.0425. The first-order valence-electron chi connectivity index (χ1n) is 7.89. The second kappa shape index (κ2) is 8.79. The molecule has 132 valence electrons. The molecule has 0 spiro atoms. The third-order valence-corrected chi connectivity index (χ3v) is 3.57. The van der Waals surface area contributed by atoms with Gasteiger partial charge in [0, 0.05) is 12.7 Å². The van der Waals surface area contributed by atoms with Crippen LogP contribution in [-0.4, -0.2) is 30.7 Å². The third-order valence-electron chi connectivity index (χ3n) is 3.57. The quantitative estimate of drug-likeness (QED) is 0.449. The molecular formula is C18H20N2O5. The lowest BCUT2D eigenvalue weighted by atomic mass is 10.1. The molecular weight excluding hydrogens is 324 g/mol. The number of hydrogen-bond acceptors (Lipinski definition) is 5. The molecule has 0 aliphatic heterocycles. The van der Waals surface area contributed by atoms with Crippen LogP contribution < -0.4 is 10.1 Å². The monoisotopic (exact) mass is 344 g/mol. The number of nitro groups is 1. The zero-order valence-corrected chi connectivity index (χ0v) is 14.2. The molecule has 0 fully saturated rings. The van der Waals surface area contributed by atoms with E-state index in [2.05, 4.69) is 5.32 Å². The van der Waals surface area contributed by atoms with Crippen molar-refractivity contribution in [2.45, 2.75) is 13.8 Å². The summed E-state index contributed by atoms with van der Waals surface area (Å²) >= 11 is 0. The number of ether oxygens (including phenoxy) is 2. The van der Waals surface area contributed by atoms with Gasteiger partial charge in [-0.05, 0) is 32.0 Å². The molecule has 0 unspecified atom stereocenters. The average molecular weight is 344 g/mol. The molecule has 0 atom stereocenters. The van der Waals surface area contributed by atoms with Crippen LogP contribution in [-0.2, 0) is 4.74 Å². The Balaban J connectivity index is 2.16. The number of rotatable bonds is 8. The largest absolute Gasteiger partial charge is 0.490 e. The highest BCUT2D eigenvalue weighted by atomic mass is 16.6. The Hall–Kier alpha value is -2.93. The molecule has 7 heteroatoms. The summed E-state index contributed by atoms with van der Waals surface area (Å²) in [7, 11) is 0. The number of nitrogens with one attached hydrogen (secondary N) is 1. The Labute approximate surface area is 145 Å². The number of para-hydroxylation sites is 1. The second-order valence-corrected chi connectivity index (χ2v) is 5.20. The van der Waals surface area contributed by atoms with E-state index in [1.165, 1.54) is 12.1 Å². The Kier molecular flexibility index (Phi) is 6.47. The summed E-state index contributed by atoms with van der Waals surface area (Å²) in [6, 6.07) is 11.4. The highest BCUT2D eigenvalue weighted by molar-refractivity contribution is 6.06. The fourth-order valence-corrected chi connectivity index (χ4v) is 2.28. The zero-order valence-electron chi connectivity index (χ0n) is 14.2. The minimum Gasteiger partial charge on any atom is -0.490 e. The van der Waals surface area contributed by atoms with Crippen LogP contribution in [0.15, 0.2) is 42.5 Å². The first kappa shape index (κ1) is 18.4. The van der Waals surface area contributed by atoms with Crippen LogP contribution in [0.1, 0.15) is 22.8 Å². The van der Waals surface area contributed by atoms with Crippen molar-refractivity contribution < 1.29 is 19.2 Å². The van der Waals surface area contributed by atoms with Crippen LogP contribution >= 0.6 is 0 Å². The van der Waals surface area contributed by atoms with Crippen LogP contribution in [0.25, 0.3) is 0 Å². The molecule has 25 heavy (non-hydrogen) atoms. The topological polar surface area (TPSA) is 90.7 Å². The molecule has 2 rings (SSSR count). The van der Waals surface area contributed by atoms with Crippen molar-refractivity contribution in [3.05, 3.63) is 63.7 Å². The first-order chi connectivity index (χ1) is 12.0. The van der Waals surface area contributed by atoms with E-state index >= 15 is 0 Å². The van der Waals surface area contributed by atoms with Crippen LogP contribution in [0, 0.1) is 17.0 Å².